The van der Waals surface area contributed by atoms with Crippen molar-refractivity contribution in [3.63, 3.8) is 0 Å². The van der Waals surface area contributed by atoms with E-state index < -0.39 is 22.8 Å². The minimum Gasteiger partial charge on any atom is -0.397 e. The van der Waals surface area contributed by atoms with Crippen LogP contribution in [0.15, 0.2) is 6.20 Å². The van der Waals surface area contributed by atoms with Crippen LogP contribution in [0.4, 0.5) is 14.5 Å². The van der Waals surface area contributed by atoms with Crippen LogP contribution in [-0.4, -0.2) is 10.2 Å². The van der Waals surface area contributed by atoms with Gasteiger partial charge in [0, 0.05) is 0 Å². The van der Waals surface area contributed by atoms with E-state index in [2.05, 4.69) is 4.98 Å². The first-order valence-corrected chi connectivity index (χ1v) is 4.12. The van der Waals surface area contributed by atoms with E-state index in [1.54, 1.807) is 0 Å². The SMILES string of the molecule is Nc1cnc(Cl)c(C(=O)Cl)c1C(F)F. The van der Waals surface area contributed by atoms with Gasteiger partial charge in [-0.05, 0) is 11.6 Å². The Bertz CT molecular complexity index is 384. The highest BCUT2D eigenvalue weighted by Crippen LogP contribution is 2.32. The number of rotatable bonds is 2. The highest BCUT2D eigenvalue weighted by Gasteiger charge is 2.23. The van der Waals surface area contributed by atoms with Gasteiger partial charge in [-0.1, -0.05) is 11.6 Å². The Balaban J connectivity index is 3.50. The predicted octanol–water partition coefficient (Wildman–Crippen LogP) is 2.63. The van der Waals surface area contributed by atoms with Crippen molar-refractivity contribution in [2.75, 3.05) is 5.73 Å². The van der Waals surface area contributed by atoms with Crippen LogP contribution in [0.1, 0.15) is 22.3 Å². The molecule has 0 spiro atoms. The molecule has 0 unspecified atom stereocenters. The number of aromatic nitrogens is 1. The maximum absolute atomic E-state index is 12.5. The molecule has 7 heteroatoms. The lowest BCUT2D eigenvalue weighted by Gasteiger charge is -2.08. The molecule has 1 aromatic rings. The minimum absolute atomic E-state index is 0.312. The maximum atomic E-state index is 12.5. The molecule has 14 heavy (non-hydrogen) atoms. The Hall–Kier alpha value is -0.940. The molecule has 1 rings (SSSR count). The molecule has 2 N–H and O–H groups in total. The summed E-state index contributed by atoms with van der Waals surface area (Å²) in [5, 5.41) is -1.49. The van der Waals surface area contributed by atoms with Crippen molar-refractivity contribution >= 4 is 34.1 Å². The van der Waals surface area contributed by atoms with E-state index in [1.807, 2.05) is 0 Å². The van der Waals surface area contributed by atoms with Gasteiger partial charge in [-0.3, -0.25) is 4.79 Å². The van der Waals surface area contributed by atoms with Crippen molar-refractivity contribution in [1.82, 2.24) is 4.98 Å². The molecule has 0 saturated carbocycles. The molecule has 3 nitrogen and oxygen atoms in total. The van der Waals surface area contributed by atoms with Crippen molar-refractivity contribution < 1.29 is 13.6 Å². The molecule has 0 atom stereocenters. The number of anilines is 1. The fourth-order valence-corrected chi connectivity index (χ4v) is 1.41. The average molecular weight is 241 g/mol. The summed E-state index contributed by atoms with van der Waals surface area (Å²) in [7, 11) is 0. The number of carbonyl (C=O) groups excluding carboxylic acids is 1. The van der Waals surface area contributed by atoms with Gasteiger partial charge in [-0.15, -0.1) is 0 Å². The topological polar surface area (TPSA) is 56.0 Å². The van der Waals surface area contributed by atoms with Gasteiger partial charge in [0.2, 0.25) is 0 Å². The van der Waals surface area contributed by atoms with Crippen molar-refractivity contribution in [1.29, 1.82) is 0 Å². The fourth-order valence-electron chi connectivity index (χ4n) is 0.938. The summed E-state index contributed by atoms with van der Waals surface area (Å²) in [6.45, 7) is 0. The smallest absolute Gasteiger partial charge is 0.266 e. The van der Waals surface area contributed by atoms with Crippen LogP contribution >= 0.6 is 23.2 Å². The molecule has 0 aliphatic heterocycles. The lowest BCUT2D eigenvalue weighted by atomic mass is 10.1. The van der Waals surface area contributed by atoms with E-state index in [0.717, 1.165) is 6.20 Å². The molecule has 0 aliphatic rings. The number of alkyl halides is 2. The molecule has 76 valence electrons. The standard InChI is InChI=1S/C7H4Cl2F2N2O/c8-5-4(6(9)14)3(7(10)11)2(12)1-13-5/h1,7H,12H2. The second-order valence-electron chi connectivity index (χ2n) is 2.37. The van der Waals surface area contributed by atoms with Crippen molar-refractivity contribution in [2.24, 2.45) is 0 Å². The van der Waals surface area contributed by atoms with Gasteiger partial charge in [-0.2, -0.15) is 0 Å². The van der Waals surface area contributed by atoms with Gasteiger partial charge in [0.05, 0.1) is 23.0 Å². The number of pyridine rings is 1. The second-order valence-corrected chi connectivity index (χ2v) is 3.07. The molecule has 0 radical (unpaired) electrons. The zero-order valence-electron chi connectivity index (χ0n) is 6.60. The Kier molecular flexibility index (Phi) is 3.23. The third kappa shape index (κ3) is 1.93. The number of nitrogens with zero attached hydrogens (tertiary/aromatic N) is 1. The normalized spacial score (nSPS) is 10.6. The third-order valence-corrected chi connectivity index (χ3v) is 1.99. The average Bonchev–Trinajstić information content (AvgIpc) is 2.07. The van der Waals surface area contributed by atoms with Crippen LogP contribution in [0.2, 0.25) is 5.15 Å². The quantitative estimate of drug-likeness (QED) is 0.639. The zero-order valence-corrected chi connectivity index (χ0v) is 8.11. The molecule has 0 aromatic carbocycles. The van der Waals surface area contributed by atoms with Crippen LogP contribution in [0.3, 0.4) is 0 Å². The first-order chi connectivity index (χ1) is 6.45. The summed E-state index contributed by atoms with van der Waals surface area (Å²) >= 11 is 10.5. The summed E-state index contributed by atoms with van der Waals surface area (Å²) in [6, 6.07) is 0. The van der Waals surface area contributed by atoms with E-state index in [0.29, 0.717) is 0 Å². The molecular weight excluding hydrogens is 237 g/mol. The van der Waals surface area contributed by atoms with Crippen LogP contribution < -0.4 is 5.73 Å². The van der Waals surface area contributed by atoms with Crippen LogP contribution in [-0.2, 0) is 0 Å². The van der Waals surface area contributed by atoms with E-state index in [-0.39, 0.29) is 10.8 Å². The van der Waals surface area contributed by atoms with Gasteiger partial charge in [-0.25, -0.2) is 13.8 Å². The van der Waals surface area contributed by atoms with Crippen LogP contribution in [0.25, 0.3) is 0 Å². The van der Waals surface area contributed by atoms with Crippen LogP contribution in [0, 0.1) is 0 Å². The number of hydrogen-bond donors (Lipinski definition) is 1. The Morgan fingerprint density at radius 1 is 1.57 bits per heavy atom. The lowest BCUT2D eigenvalue weighted by Crippen LogP contribution is -2.05. The van der Waals surface area contributed by atoms with Crippen molar-refractivity contribution in [3.8, 4) is 0 Å². The Labute approximate surface area is 87.8 Å². The lowest BCUT2D eigenvalue weighted by molar-refractivity contribution is 0.106. The largest absolute Gasteiger partial charge is 0.397 e. The second kappa shape index (κ2) is 4.06. The van der Waals surface area contributed by atoms with Gasteiger partial charge < -0.3 is 5.73 Å². The molecule has 0 amide bonds. The summed E-state index contributed by atoms with van der Waals surface area (Å²) in [5.41, 5.74) is 3.69. The van der Waals surface area contributed by atoms with E-state index >= 15 is 0 Å². The van der Waals surface area contributed by atoms with E-state index in [9.17, 15) is 13.6 Å². The number of nitrogen functional groups attached to an aromatic ring is 1. The molecule has 0 aliphatic carbocycles. The van der Waals surface area contributed by atoms with Crippen molar-refractivity contribution in [2.45, 2.75) is 6.43 Å². The minimum atomic E-state index is -2.92. The number of nitrogens with two attached hydrogens (primary N) is 1. The molecule has 0 saturated heterocycles. The number of carbonyl (C=O) groups is 1. The molecule has 1 aromatic heterocycles. The monoisotopic (exact) mass is 240 g/mol. The highest BCUT2D eigenvalue weighted by atomic mass is 35.5. The number of halogens is 4. The summed E-state index contributed by atoms with van der Waals surface area (Å²) in [6.07, 6.45) is -1.97. The van der Waals surface area contributed by atoms with Crippen molar-refractivity contribution in [3.05, 3.63) is 22.5 Å². The van der Waals surface area contributed by atoms with Crippen LogP contribution in [0.5, 0.6) is 0 Å². The summed E-state index contributed by atoms with van der Waals surface area (Å²) < 4.78 is 24.9. The summed E-state index contributed by atoms with van der Waals surface area (Å²) in [5.74, 6) is 0. The number of hydrogen-bond acceptors (Lipinski definition) is 3. The highest BCUT2D eigenvalue weighted by molar-refractivity contribution is 6.69. The molecular formula is C7H4Cl2F2N2O. The predicted molar refractivity (Wildman–Crippen MR) is 48.8 cm³/mol. The zero-order chi connectivity index (χ0) is 10.9. The Morgan fingerprint density at radius 3 is 2.50 bits per heavy atom. The van der Waals surface area contributed by atoms with Gasteiger partial charge in [0.15, 0.2) is 0 Å². The van der Waals surface area contributed by atoms with E-state index in [1.165, 1.54) is 0 Å². The fraction of sp³-hybridized carbons (Fsp3) is 0.143. The molecule has 0 fully saturated rings. The van der Waals surface area contributed by atoms with Gasteiger partial charge in [0.1, 0.15) is 5.15 Å². The van der Waals surface area contributed by atoms with E-state index in [4.69, 9.17) is 28.9 Å². The Morgan fingerprint density at radius 2 is 2.14 bits per heavy atom. The molecule has 1 heterocycles. The first-order valence-electron chi connectivity index (χ1n) is 3.37. The first kappa shape index (κ1) is 11.1. The third-order valence-electron chi connectivity index (χ3n) is 1.52. The molecule has 0 bridgehead atoms. The maximum Gasteiger partial charge on any atom is 0.266 e. The van der Waals surface area contributed by atoms with Gasteiger partial charge >= 0.3 is 0 Å². The summed E-state index contributed by atoms with van der Waals surface area (Å²) in [4.78, 5) is 14.2. The van der Waals surface area contributed by atoms with Gasteiger partial charge in [0.25, 0.3) is 11.7 Å².